The summed E-state index contributed by atoms with van der Waals surface area (Å²) in [6.45, 7) is 3.55. The van der Waals surface area contributed by atoms with Crippen molar-refractivity contribution in [1.82, 2.24) is 10.3 Å². The summed E-state index contributed by atoms with van der Waals surface area (Å²) in [5, 5.41) is 14.6. The lowest BCUT2D eigenvalue weighted by Gasteiger charge is -2.41. The maximum atomic E-state index is 13.9. The summed E-state index contributed by atoms with van der Waals surface area (Å²) in [6.07, 6.45) is 1.19. The van der Waals surface area contributed by atoms with Crippen LogP contribution in [0.15, 0.2) is 5.38 Å². The Morgan fingerprint density at radius 3 is 2.75 bits per heavy atom. The predicted octanol–water partition coefficient (Wildman–Crippen LogP) is 2.43. The summed E-state index contributed by atoms with van der Waals surface area (Å²) >= 11 is 1.43. The second kappa shape index (κ2) is 5.37. The molecule has 0 radical (unpaired) electrons. The van der Waals surface area contributed by atoms with Crippen molar-refractivity contribution in [3.8, 4) is 0 Å². The van der Waals surface area contributed by atoms with Gasteiger partial charge in [-0.2, -0.15) is 8.78 Å². The van der Waals surface area contributed by atoms with Crippen molar-refractivity contribution < 1.29 is 18.7 Å². The van der Waals surface area contributed by atoms with Crippen LogP contribution in [0.3, 0.4) is 0 Å². The molecule has 7 heteroatoms. The van der Waals surface area contributed by atoms with Crippen LogP contribution in [0, 0.1) is 0 Å². The van der Waals surface area contributed by atoms with Gasteiger partial charge in [-0.15, -0.1) is 11.3 Å². The summed E-state index contributed by atoms with van der Waals surface area (Å²) in [7, 11) is 0. The zero-order valence-electron chi connectivity index (χ0n) is 11.4. The molecule has 1 aromatic rings. The standard InChI is InChI=1S/C13H18F2N2O2S/c1-3-10-17-9(7-20-10)8(2)16-11(18)13(14,15)12(19)5-4-6-12/h7-8,19H,3-6H2,1-2H3,(H,16,18). The molecule has 1 aliphatic rings. The highest BCUT2D eigenvalue weighted by Gasteiger charge is 2.61. The van der Waals surface area contributed by atoms with Gasteiger partial charge in [0.1, 0.15) is 5.60 Å². The van der Waals surface area contributed by atoms with Gasteiger partial charge in [-0.25, -0.2) is 4.98 Å². The second-order valence-corrected chi connectivity index (χ2v) is 6.12. The first kappa shape index (κ1) is 15.3. The average molecular weight is 304 g/mol. The molecule has 0 bridgehead atoms. The Bertz CT molecular complexity index is 500. The molecule has 1 heterocycles. The number of carbonyl (C=O) groups excluding carboxylic acids is 1. The highest BCUT2D eigenvalue weighted by molar-refractivity contribution is 7.09. The predicted molar refractivity (Wildman–Crippen MR) is 71.8 cm³/mol. The van der Waals surface area contributed by atoms with E-state index >= 15 is 0 Å². The van der Waals surface area contributed by atoms with Gasteiger partial charge in [0.2, 0.25) is 0 Å². The van der Waals surface area contributed by atoms with Crippen LogP contribution in [-0.4, -0.2) is 27.5 Å². The van der Waals surface area contributed by atoms with Crippen molar-refractivity contribution in [2.45, 2.75) is 57.1 Å². The fourth-order valence-electron chi connectivity index (χ4n) is 2.08. The SMILES string of the molecule is CCc1nc(C(C)NC(=O)C(F)(F)C2(O)CCC2)cs1. The van der Waals surface area contributed by atoms with Gasteiger partial charge in [0.05, 0.1) is 16.7 Å². The largest absolute Gasteiger partial charge is 0.383 e. The van der Waals surface area contributed by atoms with E-state index in [1.807, 2.05) is 6.92 Å². The molecule has 1 atom stereocenters. The van der Waals surface area contributed by atoms with E-state index in [0.717, 1.165) is 11.4 Å². The number of aryl methyl sites for hydroxylation is 1. The van der Waals surface area contributed by atoms with Gasteiger partial charge in [0.15, 0.2) is 0 Å². The van der Waals surface area contributed by atoms with Gasteiger partial charge in [-0.05, 0) is 32.6 Å². The Kier molecular flexibility index (Phi) is 4.11. The van der Waals surface area contributed by atoms with E-state index in [-0.39, 0.29) is 12.8 Å². The van der Waals surface area contributed by atoms with E-state index in [1.54, 1.807) is 12.3 Å². The van der Waals surface area contributed by atoms with Crippen molar-refractivity contribution in [3.63, 3.8) is 0 Å². The number of amides is 1. The quantitative estimate of drug-likeness (QED) is 0.878. The van der Waals surface area contributed by atoms with Crippen molar-refractivity contribution >= 4 is 17.2 Å². The van der Waals surface area contributed by atoms with E-state index < -0.39 is 23.5 Å². The topological polar surface area (TPSA) is 62.2 Å². The molecule has 0 aromatic carbocycles. The Hall–Kier alpha value is -1.08. The van der Waals surface area contributed by atoms with Crippen LogP contribution < -0.4 is 5.32 Å². The summed E-state index contributed by atoms with van der Waals surface area (Å²) in [5.74, 6) is -5.19. The van der Waals surface area contributed by atoms with E-state index in [4.69, 9.17) is 0 Å². The fraction of sp³-hybridized carbons (Fsp3) is 0.692. The highest BCUT2D eigenvalue weighted by atomic mass is 32.1. The minimum Gasteiger partial charge on any atom is -0.383 e. The number of aliphatic hydroxyl groups is 1. The third-order valence-corrected chi connectivity index (χ3v) is 4.72. The molecule has 2 rings (SSSR count). The number of nitrogens with one attached hydrogen (secondary N) is 1. The Labute approximate surface area is 120 Å². The zero-order valence-corrected chi connectivity index (χ0v) is 12.3. The lowest BCUT2D eigenvalue weighted by atomic mass is 9.75. The Balaban J connectivity index is 2.03. The van der Waals surface area contributed by atoms with E-state index in [9.17, 15) is 18.7 Å². The van der Waals surface area contributed by atoms with Crippen LogP contribution >= 0.6 is 11.3 Å². The summed E-state index contributed by atoms with van der Waals surface area (Å²) in [4.78, 5) is 16.0. The number of alkyl halides is 2. The number of rotatable bonds is 5. The van der Waals surface area contributed by atoms with Crippen molar-refractivity contribution in [2.75, 3.05) is 0 Å². The Morgan fingerprint density at radius 1 is 1.65 bits per heavy atom. The van der Waals surface area contributed by atoms with Crippen LogP contribution in [-0.2, 0) is 11.2 Å². The molecule has 2 N–H and O–H groups in total. The van der Waals surface area contributed by atoms with Gasteiger partial charge in [0, 0.05) is 5.38 Å². The molecule has 1 aromatic heterocycles. The molecular formula is C13H18F2N2O2S. The molecule has 1 fully saturated rings. The fourth-order valence-corrected chi connectivity index (χ4v) is 2.92. The van der Waals surface area contributed by atoms with Crippen LogP contribution in [0.4, 0.5) is 8.78 Å². The smallest absolute Gasteiger partial charge is 0.352 e. The second-order valence-electron chi connectivity index (χ2n) is 5.17. The maximum absolute atomic E-state index is 13.9. The summed E-state index contributed by atoms with van der Waals surface area (Å²) in [6, 6.07) is -0.603. The molecule has 0 aliphatic heterocycles. The first-order valence-corrected chi connectivity index (χ1v) is 7.53. The summed E-state index contributed by atoms with van der Waals surface area (Å²) < 4.78 is 27.8. The molecular weight excluding hydrogens is 286 g/mol. The zero-order chi connectivity index (χ0) is 15.0. The molecule has 0 spiro atoms. The van der Waals surface area contributed by atoms with Crippen LogP contribution in [0.1, 0.15) is 49.9 Å². The Morgan fingerprint density at radius 2 is 2.30 bits per heavy atom. The minimum atomic E-state index is -3.76. The molecule has 1 unspecified atom stereocenters. The molecule has 1 saturated carbocycles. The van der Waals surface area contributed by atoms with E-state index in [0.29, 0.717) is 12.1 Å². The maximum Gasteiger partial charge on any atom is 0.352 e. The molecule has 112 valence electrons. The van der Waals surface area contributed by atoms with Gasteiger partial charge in [-0.1, -0.05) is 6.92 Å². The van der Waals surface area contributed by atoms with Crippen LogP contribution in [0.25, 0.3) is 0 Å². The third kappa shape index (κ3) is 2.56. The number of nitrogens with zero attached hydrogens (tertiary/aromatic N) is 1. The third-order valence-electron chi connectivity index (χ3n) is 3.71. The number of aromatic nitrogens is 1. The highest BCUT2D eigenvalue weighted by Crippen LogP contribution is 2.44. The van der Waals surface area contributed by atoms with Gasteiger partial charge in [0.25, 0.3) is 5.91 Å². The first-order valence-electron chi connectivity index (χ1n) is 6.65. The molecule has 1 amide bonds. The number of hydrogen-bond acceptors (Lipinski definition) is 4. The van der Waals surface area contributed by atoms with Gasteiger partial charge in [-0.3, -0.25) is 4.79 Å². The molecule has 1 aliphatic carbocycles. The van der Waals surface area contributed by atoms with Crippen LogP contribution in [0.5, 0.6) is 0 Å². The molecule has 0 saturated heterocycles. The van der Waals surface area contributed by atoms with Gasteiger partial charge < -0.3 is 10.4 Å². The molecule has 20 heavy (non-hydrogen) atoms. The first-order chi connectivity index (χ1) is 9.30. The number of hydrogen-bond donors (Lipinski definition) is 2. The number of thiazole rings is 1. The van der Waals surface area contributed by atoms with Crippen molar-refractivity contribution in [2.24, 2.45) is 0 Å². The average Bonchev–Trinajstić information content (AvgIpc) is 2.84. The van der Waals surface area contributed by atoms with Crippen molar-refractivity contribution in [3.05, 3.63) is 16.1 Å². The minimum absolute atomic E-state index is 0.0432. The lowest BCUT2D eigenvalue weighted by Crippen LogP contribution is -2.60. The monoisotopic (exact) mass is 304 g/mol. The summed E-state index contributed by atoms with van der Waals surface area (Å²) in [5.41, 5.74) is -1.62. The number of carbonyl (C=O) groups is 1. The lowest BCUT2D eigenvalue weighted by molar-refractivity contribution is -0.216. The van der Waals surface area contributed by atoms with Crippen molar-refractivity contribution in [1.29, 1.82) is 0 Å². The van der Waals surface area contributed by atoms with E-state index in [1.165, 1.54) is 11.3 Å². The van der Waals surface area contributed by atoms with E-state index in [2.05, 4.69) is 10.3 Å². The number of halogens is 2. The molecule has 4 nitrogen and oxygen atoms in total. The van der Waals surface area contributed by atoms with Crippen LogP contribution in [0.2, 0.25) is 0 Å². The van der Waals surface area contributed by atoms with Gasteiger partial charge >= 0.3 is 5.92 Å². The normalized spacial score (nSPS) is 19.2.